The first kappa shape index (κ1) is 19.3. The molecule has 2 heterocycles. The van der Waals surface area contributed by atoms with Gasteiger partial charge in [0.2, 0.25) is 0 Å². The normalized spacial score (nSPS) is 16.3. The Morgan fingerprint density at radius 3 is 2.52 bits per heavy atom. The molecule has 0 radical (unpaired) electrons. The Hall–Kier alpha value is -2.50. The minimum atomic E-state index is -0.309. The van der Waals surface area contributed by atoms with Crippen LogP contribution in [0.2, 0.25) is 0 Å². The van der Waals surface area contributed by atoms with Crippen molar-refractivity contribution in [3.63, 3.8) is 0 Å². The van der Waals surface area contributed by atoms with Crippen molar-refractivity contribution >= 4 is 11.7 Å². The van der Waals surface area contributed by atoms with Gasteiger partial charge in [0.1, 0.15) is 17.5 Å². The number of aryl methyl sites for hydroxylation is 3. The van der Waals surface area contributed by atoms with Crippen molar-refractivity contribution in [2.75, 3.05) is 25.0 Å². The lowest BCUT2D eigenvalue weighted by atomic mass is 9.80. The molecule has 2 aromatic rings. The molecule has 0 unspecified atom stereocenters. The van der Waals surface area contributed by atoms with Gasteiger partial charge in [-0.25, -0.2) is 14.4 Å². The molecule has 3 rings (SSSR count). The number of halogens is 1. The molecule has 1 aromatic carbocycles. The van der Waals surface area contributed by atoms with E-state index >= 15 is 0 Å². The van der Waals surface area contributed by atoms with E-state index in [4.69, 9.17) is 0 Å². The lowest BCUT2D eigenvalue weighted by Crippen LogP contribution is -2.44. The summed E-state index contributed by atoms with van der Waals surface area (Å²) in [7, 11) is 0. The maximum Gasteiger partial charge on any atom is 0.254 e. The number of hydrogen-bond donors (Lipinski definition) is 1. The molecule has 0 spiro atoms. The molecule has 1 N–H and O–H groups in total. The number of carbonyl (C=O) groups is 1. The fourth-order valence-electron chi connectivity index (χ4n) is 3.58. The van der Waals surface area contributed by atoms with Crippen LogP contribution in [-0.4, -0.2) is 40.4 Å². The maximum atomic E-state index is 13.3. The Morgan fingerprint density at radius 2 is 1.89 bits per heavy atom. The largest absolute Gasteiger partial charge is 0.369 e. The highest BCUT2D eigenvalue weighted by molar-refractivity contribution is 5.95. The number of carbonyl (C=O) groups excluding carboxylic acids is 1. The van der Waals surface area contributed by atoms with Gasteiger partial charge in [-0.1, -0.05) is 6.92 Å². The molecule has 27 heavy (non-hydrogen) atoms. The molecular weight excluding hydrogens is 343 g/mol. The van der Waals surface area contributed by atoms with Crippen LogP contribution in [0.1, 0.15) is 47.2 Å². The Morgan fingerprint density at radius 1 is 1.19 bits per heavy atom. The van der Waals surface area contributed by atoms with Crippen LogP contribution in [0.15, 0.2) is 24.3 Å². The summed E-state index contributed by atoms with van der Waals surface area (Å²) in [6.45, 7) is 10.1. The number of nitrogens with zero attached hydrogens (tertiary/aromatic N) is 3. The van der Waals surface area contributed by atoms with Crippen molar-refractivity contribution in [2.24, 2.45) is 5.41 Å². The second kappa shape index (κ2) is 7.62. The van der Waals surface area contributed by atoms with Crippen LogP contribution in [0, 0.1) is 32.0 Å². The van der Waals surface area contributed by atoms with E-state index in [9.17, 15) is 9.18 Å². The average Bonchev–Trinajstić information content (AvgIpc) is 2.59. The van der Waals surface area contributed by atoms with Gasteiger partial charge in [0, 0.05) is 37.0 Å². The number of benzene rings is 1. The van der Waals surface area contributed by atoms with Gasteiger partial charge in [-0.2, -0.15) is 0 Å². The van der Waals surface area contributed by atoms with Crippen molar-refractivity contribution in [1.82, 2.24) is 14.9 Å². The molecule has 1 aromatic heterocycles. The highest BCUT2D eigenvalue weighted by Crippen LogP contribution is 2.32. The average molecular weight is 370 g/mol. The number of amides is 1. The minimum Gasteiger partial charge on any atom is -0.369 e. The SMILES string of the molecule is Cc1cc(NCC2(C)CCN(C(=O)c3ccc(F)cc3C)CC2)nc(C)n1. The summed E-state index contributed by atoms with van der Waals surface area (Å²) in [5.74, 6) is 1.29. The zero-order chi connectivity index (χ0) is 19.6. The summed E-state index contributed by atoms with van der Waals surface area (Å²) >= 11 is 0. The quantitative estimate of drug-likeness (QED) is 0.887. The van der Waals surface area contributed by atoms with Crippen LogP contribution in [0.3, 0.4) is 0 Å². The van der Waals surface area contributed by atoms with E-state index in [0.29, 0.717) is 24.2 Å². The predicted octanol–water partition coefficient (Wildman–Crippen LogP) is 3.90. The second-order valence-corrected chi connectivity index (χ2v) is 7.86. The van der Waals surface area contributed by atoms with Crippen LogP contribution in [0.25, 0.3) is 0 Å². The van der Waals surface area contributed by atoms with Gasteiger partial charge in [0.25, 0.3) is 5.91 Å². The Bertz CT molecular complexity index is 824. The number of hydrogen-bond acceptors (Lipinski definition) is 4. The zero-order valence-electron chi connectivity index (χ0n) is 16.5. The van der Waals surface area contributed by atoms with Crippen molar-refractivity contribution in [3.8, 4) is 0 Å². The first-order valence-electron chi connectivity index (χ1n) is 9.37. The smallest absolute Gasteiger partial charge is 0.254 e. The molecule has 1 saturated heterocycles. The molecular formula is C21H27FN4O. The Balaban J connectivity index is 1.59. The van der Waals surface area contributed by atoms with Gasteiger partial charge < -0.3 is 10.2 Å². The molecule has 0 bridgehead atoms. The number of nitrogens with one attached hydrogen (secondary N) is 1. The molecule has 6 heteroatoms. The first-order valence-corrected chi connectivity index (χ1v) is 9.37. The zero-order valence-corrected chi connectivity index (χ0v) is 16.5. The summed E-state index contributed by atoms with van der Waals surface area (Å²) in [6.07, 6.45) is 1.82. The van der Waals surface area contributed by atoms with Crippen LogP contribution in [0.5, 0.6) is 0 Å². The third kappa shape index (κ3) is 4.62. The van der Waals surface area contributed by atoms with Gasteiger partial charge in [0.05, 0.1) is 0 Å². The highest BCUT2D eigenvalue weighted by Gasteiger charge is 2.32. The lowest BCUT2D eigenvalue weighted by Gasteiger charge is -2.39. The standard InChI is InChI=1S/C21H27FN4O/c1-14-11-17(22)5-6-18(14)20(27)26-9-7-21(4,8-10-26)13-23-19-12-15(2)24-16(3)25-19/h5-6,11-12H,7-10,13H2,1-4H3,(H,23,24,25). The van der Waals surface area contributed by atoms with Crippen LogP contribution >= 0.6 is 0 Å². The Kier molecular flexibility index (Phi) is 5.44. The highest BCUT2D eigenvalue weighted by atomic mass is 19.1. The molecule has 1 aliphatic heterocycles. The molecule has 0 saturated carbocycles. The van der Waals surface area contributed by atoms with Gasteiger partial charge >= 0.3 is 0 Å². The third-order valence-corrected chi connectivity index (χ3v) is 5.34. The number of piperidine rings is 1. The summed E-state index contributed by atoms with van der Waals surface area (Å²) in [4.78, 5) is 23.4. The van der Waals surface area contributed by atoms with Crippen molar-refractivity contribution in [2.45, 2.75) is 40.5 Å². The van der Waals surface area contributed by atoms with E-state index in [-0.39, 0.29) is 17.1 Å². The van der Waals surface area contributed by atoms with Crippen LogP contribution < -0.4 is 5.32 Å². The van der Waals surface area contributed by atoms with Crippen molar-refractivity contribution in [1.29, 1.82) is 0 Å². The van der Waals surface area contributed by atoms with E-state index in [1.165, 1.54) is 12.1 Å². The lowest BCUT2D eigenvalue weighted by molar-refractivity contribution is 0.0622. The number of rotatable bonds is 4. The fraction of sp³-hybridized carbons (Fsp3) is 0.476. The molecule has 0 aliphatic carbocycles. The van der Waals surface area contributed by atoms with E-state index < -0.39 is 0 Å². The second-order valence-electron chi connectivity index (χ2n) is 7.86. The molecule has 1 fully saturated rings. The molecule has 5 nitrogen and oxygen atoms in total. The van der Waals surface area contributed by atoms with Crippen molar-refractivity contribution in [3.05, 3.63) is 52.7 Å². The number of anilines is 1. The van der Waals surface area contributed by atoms with Gasteiger partial charge in [0.15, 0.2) is 0 Å². The van der Waals surface area contributed by atoms with Gasteiger partial charge in [-0.15, -0.1) is 0 Å². The van der Waals surface area contributed by atoms with Crippen LogP contribution in [-0.2, 0) is 0 Å². The van der Waals surface area contributed by atoms with Gasteiger partial charge in [-0.3, -0.25) is 4.79 Å². The fourth-order valence-corrected chi connectivity index (χ4v) is 3.58. The first-order chi connectivity index (χ1) is 12.8. The molecule has 1 aliphatic rings. The summed E-state index contributed by atoms with van der Waals surface area (Å²) in [5.41, 5.74) is 2.32. The molecule has 1 amide bonds. The number of likely N-dealkylation sites (tertiary alicyclic amines) is 1. The summed E-state index contributed by atoms with van der Waals surface area (Å²) in [5, 5.41) is 3.43. The molecule has 0 atom stereocenters. The maximum absolute atomic E-state index is 13.3. The van der Waals surface area contributed by atoms with E-state index in [2.05, 4.69) is 22.2 Å². The summed E-state index contributed by atoms with van der Waals surface area (Å²) in [6, 6.07) is 6.30. The predicted molar refractivity (Wildman–Crippen MR) is 104 cm³/mol. The van der Waals surface area contributed by atoms with E-state index in [0.717, 1.165) is 36.7 Å². The monoisotopic (exact) mass is 370 g/mol. The van der Waals surface area contributed by atoms with E-state index in [1.807, 2.05) is 24.8 Å². The molecule has 144 valence electrons. The Labute approximate surface area is 160 Å². The van der Waals surface area contributed by atoms with Crippen molar-refractivity contribution < 1.29 is 9.18 Å². The topological polar surface area (TPSA) is 58.1 Å². The third-order valence-electron chi connectivity index (χ3n) is 5.34. The number of aromatic nitrogens is 2. The summed E-state index contributed by atoms with van der Waals surface area (Å²) < 4.78 is 13.3. The van der Waals surface area contributed by atoms with Crippen LogP contribution in [0.4, 0.5) is 10.2 Å². The van der Waals surface area contributed by atoms with E-state index in [1.54, 1.807) is 13.0 Å². The minimum absolute atomic E-state index is 0.00967. The van der Waals surface area contributed by atoms with Gasteiger partial charge in [-0.05, 0) is 62.8 Å².